The minimum atomic E-state index is -3.65. The van der Waals surface area contributed by atoms with E-state index in [1.807, 2.05) is 24.3 Å². The molecule has 1 saturated carbocycles. The minimum absolute atomic E-state index is 0.0724. The second kappa shape index (κ2) is 6.91. The van der Waals surface area contributed by atoms with Gasteiger partial charge in [0, 0.05) is 12.3 Å². The van der Waals surface area contributed by atoms with E-state index in [1.54, 1.807) is 0 Å². The van der Waals surface area contributed by atoms with E-state index in [0.29, 0.717) is 11.5 Å². The normalized spacial score (nSPS) is 14.0. The maximum absolute atomic E-state index is 12.2. The van der Waals surface area contributed by atoms with Crippen LogP contribution >= 0.6 is 0 Å². The summed E-state index contributed by atoms with van der Waals surface area (Å²) in [5.74, 6) is 0.461. The molecule has 0 unspecified atom stereocenters. The number of anilines is 1. The third kappa shape index (κ3) is 3.45. The van der Waals surface area contributed by atoms with Gasteiger partial charge >= 0.3 is 0 Å². The Morgan fingerprint density at radius 2 is 2.04 bits per heavy atom. The van der Waals surface area contributed by atoms with Crippen molar-refractivity contribution in [2.45, 2.75) is 37.2 Å². The molecule has 4 rings (SSSR count). The number of imidazole rings is 1. The summed E-state index contributed by atoms with van der Waals surface area (Å²) >= 11 is 0. The van der Waals surface area contributed by atoms with E-state index in [4.69, 9.17) is 0 Å². The molecule has 0 amide bonds. The third-order valence-electron chi connectivity index (χ3n) is 4.80. The molecule has 3 aromatic rings. The van der Waals surface area contributed by atoms with Crippen molar-refractivity contribution >= 4 is 28.1 Å². The summed E-state index contributed by atoms with van der Waals surface area (Å²) in [7, 11) is -3.65. The molecular formula is C18H19BN6O2S. The summed E-state index contributed by atoms with van der Waals surface area (Å²) in [5.41, 5.74) is 1.76. The number of nitriles is 1. The zero-order chi connectivity index (χ0) is 19.9. The van der Waals surface area contributed by atoms with Crippen molar-refractivity contribution in [3.63, 3.8) is 0 Å². The average molecular weight is 394 g/mol. The Hall–Kier alpha value is -2.93. The highest BCUT2D eigenvalue weighted by molar-refractivity contribution is 7.90. The van der Waals surface area contributed by atoms with E-state index < -0.39 is 9.84 Å². The van der Waals surface area contributed by atoms with Crippen molar-refractivity contribution in [2.75, 3.05) is 11.1 Å². The summed E-state index contributed by atoms with van der Waals surface area (Å²) in [4.78, 5) is 10.8. The lowest BCUT2D eigenvalue weighted by Gasteiger charge is -2.29. The number of sulfone groups is 1. The number of hydrogen-bond donors (Lipinski definition) is 0. The molecule has 1 fully saturated rings. The average Bonchev–Trinajstić information content (AvgIpc) is 3.39. The van der Waals surface area contributed by atoms with Gasteiger partial charge < -0.3 is 4.81 Å². The SMILES string of the molecule is CB(Cc1ccccc1)N(c1nc(S(C)(=O)=O)nn2c(C#N)cnc12)C1CC1. The van der Waals surface area contributed by atoms with Gasteiger partial charge in [-0.05, 0) is 19.2 Å². The first-order valence-electron chi connectivity index (χ1n) is 9.06. The summed E-state index contributed by atoms with van der Waals surface area (Å²) in [6.45, 7) is 2.17. The Kier molecular flexibility index (Phi) is 4.55. The van der Waals surface area contributed by atoms with Gasteiger partial charge in [0.1, 0.15) is 6.07 Å². The van der Waals surface area contributed by atoms with Crippen molar-refractivity contribution in [1.82, 2.24) is 19.6 Å². The van der Waals surface area contributed by atoms with E-state index in [-0.39, 0.29) is 23.7 Å². The van der Waals surface area contributed by atoms with Crippen LogP contribution in [0.2, 0.25) is 6.82 Å². The van der Waals surface area contributed by atoms with Crippen molar-refractivity contribution in [3.8, 4) is 6.07 Å². The minimum Gasteiger partial charge on any atom is -0.394 e. The van der Waals surface area contributed by atoms with Gasteiger partial charge in [0.15, 0.2) is 17.2 Å². The molecule has 2 heterocycles. The highest BCUT2D eigenvalue weighted by atomic mass is 32.2. The van der Waals surface area contributed by atoms with E-state index >= 15 is 0 Å². The number of aromatic nitrogens is 4. The lowest BCUT2D eigenvalue weighted by Crippen LogP contribution is -2.42. The van der Waals surface area contributed by atoms with Crippen LogP contribution in [0.4, 0.5) is 5.82 Å². The molecule has 0 radical (unpaired) electrons. The molecule has 0 bridgehead atoms. The molecule has 10 heteroatoms. The molecule has 1 aliphatic carbocycles. The second-order valence-electron chi connectivity index (χ2n) is 7.16. The topological polar surface area (TPSA) is 104 Å². The van der Waals surface area contributed by atoms with Crippen LogP contribution in [0.25, 0.3) is 5.65 Å². The van der Waals surface area contributed by atoms with Crippen LogP contribution in [0.1, 0.15) is 24.1 Å². The van der Waals surface area contributed by atoms with Gasteiger partial charge in [-0.1, -0.05) is 42.7 Å². The molecule has 1 aliphatic rings. The van der Waals surface area contributed by atoms with E-state index in [0.717, 1.165) is 25.4 Å². The molecule has 0 saturated heterocycles. The molecular weight excluding hydrogens is 375 g/mol. The first-order chi connectivity index (χ1) is 13.4. The van der Waals surface area contributed by atoms with E-state index in [2.05, 4.69) is 38.8 Å². The van der Waals surface area contributed by atoms with Gasteiger partial charge in [-0.25, -0.2) is 13.4 Å². The second-order valence-corrected chi connectivity index (χ2v) is 9.07. The summed E-state index contributed by atoms with van der Waals surface area (Å²) < 4.78 is 25.6. The molecule has 8 nitrogen and oxygen atoms in total. The number of hydrogen-bond acceptors (Lipinski definition) is 7. The summed E-state index contributed by atoms with van der Waals surface area (Å²) in [6.07, 6.45) is 5.26. The predicted octanol–water partition coefficient (Wildman–Crippen LogP) is 1.77. The van der Waals surface area contributed by atoms with Gasteiger partial charge in [-0.3, -0.25) is 0 Å². The summed E-state index contributed by atoms with van der Waals surface area (Å²) in [6, 6.07) is 12.4. The van der Waals surface area contributed by atoms with Crippen molar-refractivity contribution in [2.24, 2.45) is 0 Å². The fraction of sp³-hybridized carbons (Fsp3) is 0.333. The zero-order valence-corrected chi connectivity index (χ0v) is 16.5. The largest absolute Gasteiger partial charge is 0.394 e. The van der Waals surface area contributed by atoms with Crippen molar-refractivity contribution < 1.29 is 8.42 Å². The molecule has 1 aromatic carbocycles. The van der Waals surface area contributed by atoms with Gasteiger partial charge in [-0.2, -0.15) is 14.8 Å². The number of rotatable bonds is 6. The van der Waals surface area contributed by atoms with Gasteiger partial charge in [0.25, 0.3) is 12.0 Å². The van der Waals surface area contributed by atoms with Crippen LogP contribution in [-0.2, 0) is 16.2 Å². The Morgan fingerprint density at radius 1 is 1.32 bits per heavy atom. The third-order valence-corrected chi connectivity index (χ3v) is 5.64. The molecule has 2 aromatic heterocycles. The quantitative estimate of drug-likeness (QED) is 0.587. The Labute approximate surface area is 163 Å². The van der Waals surface area contributed by atoms with E-state index in [9.17, 15) is 13.7 Å². The van der Waals surface area contributed by atoms with Crippen LogP contribution in [0.15, 0.2) is 41.7 Å². The first kappa shape index (κ1) is 18.4. The van der Waals surface area contributed by atoms with Gasteiger partial charge in [0.2, 0.25) is 9.84 Å². The highest BCUT2D eigenvalue weighted by Gasteiger charge is 2.37. The van der Waals surface area contributed by atoms with Gasteiger partial charge in [-0.15, -0.1) is 5.10 Å². The van der Waals surface area contributed by atoms with Crippen LogP contribution in [0.5, 0.6) is 0 Å². The van der Waals surface area contributed by atoms with Crippen molar-refractivity contribution in [1.29, 1.82) is 5.26 Å². The van der Waals surface area contributed by atoms with Gasteiger partial charge in [0.05, 0.1) is 6.20 Å². The highest BCUT2D eigenvalue weighted by Crippen LogP contribution is 2.34. The van der Waals surface area contributed by atoms with E-state index in [1.165, 1.54) is 16.3 Å². The molecule has 142 valence electrons. The predicted molar refractivity (Wildman–Crippen MR) is 106 cm³/mol. The lowest BCUT2D eigenvalue weighted by molar-refractivity contribution is 0.587. The maximum Gasteiger partial charge on any atom is 0.267 e. The molecule has 0 N–H and O–H groups in total. The molecule has 0 atom stereocenters. The fourth-order valence-electron chi connectivity index (χ4n) is 3.40. The number of benzene rings is 1. The van der Waals surface area contributed by atoms with Crippen LogP contribution in [0.3, 0.4) is 0 Å². The zero-order valence-electron chi connectivity index (χ0n) is 15.6. The van der Waals surface area contributed by atoms with Crippen LogP contribution in [-0.4, -0.2) is 47.1 Å². The molecule has 0 spiro atoms. The fourth-order valence-corrected chi connectivity index (χ4v) is 3.88. The van der Waals surface area contributed by atoms with Crippen molar-refractivity contribution in [3.05, 3.63) is 47.8 Å². The summed E-state index contributed by atoms with van der Waals surface area (Å²) in [5, 5.41) is 13.1. The Balaban J connectivity index is 1.84. The monoisotopic (exact) mass is 394 g/mol. The lowest BCUT2D eigenvalue weighted by atomic mass is 9.58. The Morgan fingerprint density at radius 3 is 2.64 bits per heavy atom. The first-order valence-corrected chi connectivity index (χ1v) is 11.0. The smallest absolute Gasteiger partial charge is 0.267 e. The standard InChI is InChI=1S/C18H19BN6O2S/c1-19(10-13-6-4-3-5-7-13)24(14-8-9-14)17-16-21-12-15(11-20)25(16)23-18(22-17)28(2,26)27/h3-7,12,14H,8-10H2,1-2H3. The maximum atomic E-state index is 12.2. The van der Waals surface area contributed by atoms with Crippen LogP contribution < -0.4 is 4.81 Å². The van der Waals surface area contributed by atoms with Crippen LogP contribution in [0, 0.1) is 11.3 Å². The molecule has 28 heavy (non-hydrogen) atoms. The Bertz CT molecular complexity index is 1170. The molecule has 0 aliphatic heterocycles. The number of nitrogens with zero attached hydrogens (tertiary/aromatic N) is 6. The number of fused-ring (bicyclic) bond motifs is 1.